The topological polar surface area (TPSA) is 68.2 Å². The summed E-state index contributed by atoms with van der Waals surface area (Å²) >= 11 is -1.34. The van der Waals surface area contributed by atoms with E-state index in [1.165, 1.54) is 18.3 Å². The van der Waals surface area contributed by atoms with E-state index in [0.717, 1.165) is 13.8 Å². The van der Waals surface area contributed by atoms with Crippen LogP contribution in [0.4, 0.5) is 8.78 Å². The zero-order valence-electron chi connectivity index (χ0n) is 13.8. The second-order valence-corrected chi connectivity index (χ2v) is 8.82. The van der Waals surface area contributed by atoms with Crippen molar-refractivity contribution in [3.63, 3.8) is 0 Å². The average Bonchev–Trinajstić information content (AvgIpc) is 2.36. The molecule has 0 aliphatic carbocycles. The zero-order chi connectivity index (χ0) is 17.3. The summed E-state index contributed by atoms with van der Waals surface area (Å²) in [6.07, 6.45) is 1.27. The van der Waals surface area contributed by atoms with Gasteiger partial charge in [0.15, 0.2) is 0 Å². The Balaban J connectivity index is 3.02. The zero-order valence-corrected chi connectivity index (χ0v) is 14.6. The highest BCUT2D eigenvalue weighted by molar-refractivity contribution is 7.90. The summed E-state index contributed by atoms with van der Waals surface area (Å²) in [7, 11) is 0. The Morgan fingerprint density at radius 3 is 2.27 bits per heavy atom. The number of nitrogens with zero attached hydrogens (tertiary/aromatic N) is 1. The molecule has 7 heteroatoms. The number of hydrogen-bond acceptors (Lipinski definition) is 4. The Labute approximate surface area is 133 Å². The monoisotopic (exact) mass is 334 g/mol. The van der Waals surface area contributed by atoms with Crippen molar-refractivity contribution in [2.24, 2.45) is 0 Å². The minimum Gasteiger partial charge on any atom is -0.598 e. The van der Waals surface area contributed by atoms with Crippen LogP contribution in [0.25, 0.3) is 0 Å². The quantitative estimate of drug-likeness (QED) is 0.812. The van der Waals surface area contributed by atoms with Crippen LogP contribution in [0.2, 0.25) is 0 Å². The summed E-state index contributed by atoms with van der Waals surface area (Å²) in [5.41, 5.74) is -2.16. The summed E-state index contributed by atoms with van der Waals surface area (Å²) in [5.74, 6) is -3.41. The molecule has 0 bridgehead atoms. The third-order valence-electron chi connectivity index (χ3n) is 3.20. The van der Waals surface area contributed by atoms with E-state index < -0.39 is 33.7 Å². The highest BCUT2D eigenvalue weighted by Crippen LogP contribution is 2.38. The molecule has 1 heterocycles. The Morgan fingerprint density at radius 1 is 1.27 bits per heavy atom. The Kier molecular flexibility index (Phi) is 5.60. The van der Waals surface area contributed by atoms with Gasteiger partial charge >= 0.3 is 5.92 Å². The van der Waals surface area contributed by atoms with Crippen molar-refractivity contribution in [1.29, 1.82) is 0 Å². The van der Waals surface area contributed by atoms with Crippen LogP contribution in [-0.4, -0.2) is 25.0 Å². The van der Waals surface area contributed by atoms with Crippen LogP contribution in [0.1, 0.15) is 58.8 Å². The number of aliphatic hydroxyl groups is 1. The molecule has 1 rings (SSSR count). The van der Waals surface area contributed by atoms with Crippen molar-refractivity contribution in [3.8, 4) is 0 Å². The van der Waals surface area contributed by atoms with Crippen molar-refractivity contribution in [2.45, 2.75) is 63.9 Å². The molecule has 1 aromatic rings. The fraction of sp³-hybridized carbons (Fsp3) is 0.667. The van der Waals surface area contributed by atoms with Gasteiger partial charge in [0.05, 0.1) is 11.7 Å². The van der Waals surface area contributed by atoms with Crippen LogP contribution in [0.15, 0.2) is 18.3 Å². The summed E-state index contributed by atoms with van der Waals surface area (Å²) in [4.78, 5) is 4.06. The summed E-state index contributed by atoms with van der Waals surface area (Å²) < 4.78 is 42.9. The number of nitrogens with one attached hydrogen (secondary N) is 1. The lowest BCUT2D eigenvalue weighted by Gasteiger charge is -2.30. The molecular weight excluding hydrogens is 310 g/mol. The number of hydrogen-bond donors (Lipinski definition) is 2. The molecule has 0 saturated heterocycles. The van der Waals surface area contributed by atoms with Gasteiger partial charge in [0, 0.05) is 23.1 Å². The molecule has 126 valence electrons. The molecule has 4 nitrogen and oxygen atoms in total. The molecule has 0 saturated carbocycles. The second-order valence-electron chi connectivity index (χ2n) is 6.82. The number of alkyl halides is 2. The molecule has 2 N–H and O–H groups in total. The predicted octanol–water partition coefficient (Wildman–Crippen LogP) is 3.06. The Hall–Kier alpha value is -0.760. The minimum absolute atomic E-state index is 0.319. The number of aromatic nitrogens is 1. The standard InChI is InChI=1S/C15H24F2N2O2S/c1-10(19-22(21)13(2,3)4)12-9-11(7-8-18-12)15(16,17)14(5,6)20/h7-10,19-20H,1-6H3/t10-,22?/m1/s1. The van der Waals surface area contributed by atoms with Gasteiger partial charge in [-0.25, -0.2) is 0 Å². The fourth-order valence-electron chi connectivity index (χ4n) is 1.63. The highest BCUT2D eigenvalue weighted by Gasteiger charge is 2.47. The van der Waals surface area contributed by atoms with E-state index in [0.29, 0.717) is 5.69 Å². The third-order valence-corrected chi connectivity index (χ3v) is 4.88. The van der Waals surface area contributed by atoms with Gasteiger partial charge in [-0.2, -0.15) is 8.78 Å². The van der Waals surface area contributed by atoms with Gasteiger partial charge in [-0.15, -0.1) is 4.72 Å². The van der Waals surface area contributed by atoms with E-state index in [2.05, 4.69) is 9.71 Å². The van der Waals surface area contributed by atoms with Gasteiger partial charge in [0.2, 0.25) is 0 Å². The summed E-state index contributed by atoms with van der Waals surface area (Å²) in [6, 6.07) is 1.95. The lowest BCUT2D eigenvalue weighted by atomic mass is 9.93. The van der Waals surface area contributed by atoms with Crippen molar-refractivity contribution >= 4 is 11.4 Å². The highest BCUT2D eigenvalue weighted by atomic mass is 32.2. The van der Waals surface area contributed by atoms with E-state index in [9.17, 15) is 18.4 Å². The number of halogens is 2. The molecule has 0 aliphatic rings. The normalized spacial score (nSPS) is 16.5. The van der Waals surface area contributed by atoms with E-state index in [1.54, 1.807) is 6.92 Å². The smallest absolute Gasteiger partial charge is 0.300 e. The average molecular weight is 334 g/mol. The first-order chi connectivity index (χ1) is 9.76. The first-order valence-corrected chi connectivity index (χ1v) is 8.16. The van der Waals surface area contributed by atoms with E-state index in [4.69, 9.17) is 0 Å². The SMILES string of the molecule is C[C@@H](N[S+]([O-])C(C)(C)C)c1cc(C(F)(F)C(C)(C)O)ccn1. The van der Waals surface area contributed by atoms with Crippen molar-refractivity contribution in [3.05, 3.63) is 29.6 Å². The molecule has 0 aliphatic heterocycles. The first-order valence-electron chi connectivity index (χ1n) is 7.01. The van der Waals surface area contributed by atoms with Crippen molar-refractivity contribution < 1.29 is 18.4 Å². The third kappa shape index (κ3) is 4.38. The molecule has 0 amide bonds. The molecule has 1 aromatic heterocycles. The van der Waals surface area contributed by atoms with Crippen molar-refractivity contribution in [1.82, 2.24) is 9.71 Å². The molecule has 0 aromatic carbocycles. The van der Waals surface area contributed by atoms with Crippen LogP contribution >= 0.6 is 0 Å². The molecule has 2 atom stereocenters. The van der Waals surface area contributed by atoms with Crippen LogP contribution in [0.3, 0.4) is 0 Å². The van der Waals surface area contributed by atoms with Gasteiger partial charge in [-0.3, -0.25) is 4.98 Å². The maximum Gasteiger partial charge on any atom is 0.300 e. The maximum absolute atomic E-state index is 14.2. The first kappa shape index (κ1) is 19.3. The Bertz CT molecular complexity index is 513. The van der Waals surface area contributed by atoms with Crippen LogP contribution in [0, 0.1) is 0 Å². The predicted molar refractivity (Wildman–Crippen MR) is 83.9 cm³/mol. The summed E-state index contributed by atoms with van der Waals surface area (Å²) in [5, 5.41) is 9.65. The maximum atomic E-state index is 14.2. The van der Waals surface area contributed by atoms with Gasteiger partial charge in [0.1, 0.15) is 10.3 Å². The molecule has 22 heavy (non-hydrogen) atoms. The van der Waals surface area contributed by atoms with E-state index >= 15 is 0 Å². The van der Waals surface area contributed by atoms with Gasteiger partial charge in [-0.05, 0) is 53.7 Å². The van der Waals surface area contributed by atoms with Crippen molar-refractivity contribution in [2.75, 3.05) is 0 Å². The molecule has 1 unspecified atom stereocenters. The fourth-order valence-corrected chi connectivity index (χ4v) is 2.43. The largest absolute Gasteiger partial charge is 0.598 e. The minimum atomic E-state index is -3.41. The Morgan fingerprint density at radius 2 is 1.82 bits per heavy atom. The van der Waals surface area contributed by atoms with Crippen LogP contribution in [0.5, 0.6) is 0 Å². The molecule has 0 radical (unpaired) electrons. The van der Waals surface area contributed by atoms with Crippen LogP contribution < -0.4 is 4.72 Å². The van der Waals surface area contributed by atoms with Crippen LogP contribution in [-0.2, 0) is 17.3 Å². The second kappa shape index (κ2) is 6.39. The number of rotatable bonds is 5. The van der Waals surface area contributed by atoms with Gasteiger partial charge in [-0.1, -0.05) is 0 Å². The van der Waals surface area contributed by atoms with E-state index in [1.807, 2.05) is 20.8 Å². The molecule has 0 fully saturated rings. The molecular formula is C15H24F2N2O2S. The molecule has 0 spiro atoms. The van der Waals surface area contributed by atoms with E-state index in [-0.39, 0.29) is 5.56 Å². The van der Waals surface area contributed by atoms with Gasteiger partial charge in [0.25, 0.3) is 0 Å². The lowest BCUT2D eigenvalue weighted by Crippen LogP contribution is -2.41. The summed E-state index contributed by atoms with van der Waals surface area (Å²) in [6.45, 7) is 9.27. The lowest BCUT2D eigenvalue weighted by molar-refractivity contribution is -0.168. The number of pyridine rings is 1. The van der Waals surface area contributed by atoms with Gasteiger partial charge < -0.3 is 9.66 Å².